The molecule has 0 saturated carbocycles. The normalized spacial score (nSPS) is 14.0. The number of hydrogen-bond acceptors (Lipinski definition) is 3. The number of carbonyl (C=O) groups is 1. The van der Waals surface area contributed by atoms with Crippen LogP contribution in [0.1, 0.15) is 36.5 Å². The van der Waals surface area contributed by atoms with Crippen LogP contribution in [0, 0.1) is 6.92 Å². The van der Waals surface area contributed by atoms with Crippen molar-refractivity contribution in [3.8, 4) is 0 Å². The van der Waals surface area contributed by atoms with E-state index in [2.05, 4.69) is 4.72 Å². The molecular formula is C20H24N2O3S. The van der Waals surface area contributed by atoms with Crippen molar-refractivity contribution in [2.75, 3.05) is 16.2 Å². The summed E-state index contributed by atoms with van der Waals surface area (Å²) in [4.78, 5) is 13.9. The van der Waals surface area contributed by atoms with Crippen molar-refractivity contribution < 1.29 is 13.2 Å². The van der Waals surface area contributed by atoms with Gasteiger partial charge in [0, 0.05) is 18.7 Å². The molecule has 0 saturated heterocycles. The Kier molecular flexibility index (Phi) is 5.32. The van der Waals surface area contributed by atoms with Crippen molar-refractivity contribution in [1.29, 1.82) is 0 Å². The minimum atomic E-state index is -3.52. The second-order valence-electron chi connectivity index (χ2n) is 6.69. The van der Waals surface area contributed by atoms with Gasteiger partial charge in [-0.25, -0.2) is 8.42 Å². The van der Waals surface area contributed by atoms with Crippen LogP contribution in [-0.4, -0.2) is 20.9 Å². The van der Waals surface area contributed by atoms with Gasteiger partial charge in [-0.3, -0.25) is 9.52 Å². The molecular weight excluding hydrogens is 348 g/mol. The Hall–Kier alpha value is -2.34. The van der Waals surface area contributed by atoms with Gasteiger partial charge >= 0.3 is 0 Å². The molecule has 2 aromatic rings. The van der Waals surface area contributed by atoms with Crippen LogP contribution in [0.2, 0.25) is 0 Å². The standard InChI is InChI=1S/C20H24N2O3S/c1-3-20(23)22-12-4-5-17-10-11-18(13-19(17)22)21-26(24,25)14-16-8-6-15(2)7-9-16/h6-11,13,21H,3-5,12,14H2,1-2H3. The molecule has 0 unspecified atom stereocenters. The number of fused-ring (bicyclic) bond motifs is 1. The first-order valence-corrected chi connectivity index (χ1v) is 10.5. The van der Waals surface area contributed by atoms with Crippen LogP contribution in [0.3, 0.4) is 0 Å². The van der Waals surface area contributed by atoms with E-state index in [0.717, 1.165) is 35.2 Å². The summed E-state index contributed by atoms with van der Waals surface area (Å²) < 4.78 is 27.6. The van der Waals surface area contributed by atoms with Crippen LogP contribution in [-0.2, 0) is 27.0 Å². The van der Waals surface area contributed by atoms with Crippen molar-refractivity contribution >= 4 is 27.3 Å². The first-order chi connectivity index (χ1) is 12.4. The molecule has 5 nitrogen and oxygen atoms in total. The van der Waals surface area contributed by atoms with Gasteiger partial charge in [0.05, 0.1) is 11.4 Å². The van der Waals surface area contributed by atoms with Crippen molar-refractivity contribution in [1.82, 2.24) is 0 Å². The van der Waals surface area contributed by atoms with Gasteiger partial charge in [-0.1, -0.05) is 42.8 Å². The zero-order chi connectivity index (χ0) is 18.7. The Labute approximate surface area is 155 Å². The summed E-state index contributed by atoms with van der Waals surface area (Å²) in [5.74, 6) is -0.0206. The van der Waals surface area contributed by atoms with E-state index < -0.39 is 10.0 Å². The molecule has 26 heavy (non-hydrogen) atoms. The van der Waals surface area contributed by atoms with Crippen molar-refractivity contribution in [3.63, 3.8) is 0 Å². The predicted molar refractivity (Wildman–Crippen MR) is 105 cm³/mol. The number of nitrogens with one attached hydrogen (secondary N) is 1. The maximum atomic E-state index is 12.5. The molecule has 1 aliphatic heterocycles. The van der Waals surface area contributed by atoms with E-state index in [-0.39, 0.29) is 11.7 Å². The van der Waals surface area contributed by atoms with Crippen LogP contribution in [0.15, 0.2) is 42.5 Å². The topological polar surface area (TPSA) is 66.5 Å². The van der Waals surface area contributed by atoms with Crippen LogP contribution < -0.4 is 9.62 Å². The Morgan fingerprint density at radius 1 is 1.15 bits per heavy atom. The number of nitrogens with zero attached hydrogens (tertiary/aromatic N) is 1. The molecule has 3 rings (SSSR count). The third kappa shape index (κ3) is 4.25. The van der Waals surface area contributed by atoms with Gasteiger partial charge in [0.2, 0.25) is 15.9 Å². The molecule has 0 aliphatic carbocycles. The van der Waals surface area contributed by atoms with Crippen molar-refractivity contribution in [2.45, 2.75) is 38.9 Å². The molecule has 0 aromatic heterocycles. The van der Waals surface area contributed by atoms with Crippen LogP contribution in [0.5, 0.6) is 0 Å². The Bertz CT molecular complexity index is 905. The van der Waals surface area contributed by atoms with E-state index >= 15 is 0 Å². The molecule has 0 atom stereocenters. The lowest BCUT2D eigenvalue weighted by Gasteiger charge is -2.29. The molecule has 0 bridgehead atoms. The molecule has 6 heteroatoms. The van der Waals surface area contributed by atoms with E-state index in [1.54, 1.807) is 17.0 Å². The summed E-state index contributed by atoms with van der Waals surface area (Å²) >= 11 is 0. The molecule has 1 amide bonds. The van der Waals surface area contributed by atoms with Crippen molar-refractivity contribution in [3.05, 3.63) is 59.2 Å². The fourth-order valence-corrected chi connectivity index (χ4v) is 4.40. The fraction of sp³-hybridized carbons (Fsp3) is 0.350. The van der Waals surface area contributed by atoms with E-state index in [0.29, 0.717) is 18.7 Å². The van der Waals surface area contributed by atoms with Gasteiger partial charge in [-0.2, -0.15) is 0 Å². The van der Waals surface area contributed by atoms with Gasteiger partial charge in [0.1, 0.15) is 0 Å². The summed E-state index contributed by atoms with van der Waals surface area (Å²) in [6.45, 7) is 4.48. The van der Waals surface area contributed by atoms with E-state index in [1.807, 2.05) is 44.2 Å². The fourth-order valence-electron chi connectivity index (χ4n) is 3.21. The molecule has 0 fully saturated rings. The highest BCUT2D eigenvalue weighted by Crippen LogP contribution is 2.31. The Balaban J connectivity index is 1.81. The third-order valence-electron chi connectivity index (χ3n) is 4.56. The number of hydrogen-bond donors (Lipinski definition) is 1. The number of benzene rings is 2. The van der Waals surface area contributed by atoms with Crippen LogP contribution in [0.25, 0.3) is 0 Å². The minimum absolute atomic E-state index is 0.0608. The van der Waals surface area contributed by atoms with E-state index in [1.165, 1.54) is 0 Å². The lowest BCUT2D eigenvalue weighted by Crippen LogP contribution is -2.35. The monoisotopic (exact) mass is 372 g/mol. The largest absolute Gasteiger partial charge is 0.312 e. The first-order valence-electron chi connectivity index (χ1n) is 8.87. The number of aryl methyl sites for hydroxylation is 2. The average Bonchev–Trinajstić information content (AvgIpc) is 2.62. The number of sulfonamides is 1. The highest BCUT2D eigenvalue weighted by molar-refractivity contribution is 7.91. The summed E-state index contributed by atoms with van der Waals surface area (Å²) in [6, 6.07) is 12.9. The number of amides is 1. The molecule has 138 valence electrons. The van der Waals surface area contributed by atoms with Crippen LogP contribution in [0.4, 0.5) is 11.4 Å². The van der Waals surface area contributed by atoms with Gasteiger partial charge in [0.25, 0.3) is 0 Å². The number of anilines is 2. The molecule has 1 aliphatic rings. The number of rotatable bonds is 5. The van der Waals surface area contributed by atoms with Gasteiger partial charge in [-0.15, -0.1) is 0 Å². The minimum Gasteiger partial charge on any atom is -0.312 e. The second kappa shape index (κ2) is 7.50. The highest BCUT2D eigenvalue weighted by atomic mass is 32.2. The highest BCUT2D eigenvalue weighted by Gasteiger charge is 2.22. The Morgan fingerprint density at radius 3 is 2.58 bits per heavy atom. The maximum Gasteiger partial charge on any atom is 0.236 e. The smallest absolute Gasteiger partial charge is 0.236 e. The molecule has 2 aromatic carbocycles. The second-order valence-corrected chi connectivity index (χ2v) is 8.42. The molecule has 0 radical (unpaired) electrons. The lowest BCUT2D eigenvalue weighted by atomic mass is 10.0. The maximum absolute atomic E-state index is 12.5. The van der Waals surface area contributed by atoms with Crippen molar-refractivity contribution in [2.24, 2.45) is 0 Å². The lowest BCUT2D eigenvalue weighted by molar-refractivity contribution is -0.118. The van der Waals surface area contributed by atoms with Crippen LogP contribution >= 0.6 is 0 Å². The van der Waals surface area contributed by atoms with Gasteiger partial charge < -0.3 is 4.90 Å². The Morgan fingerprint density at radius 2 is 1.88 bits per heavy atom. The summed E-state index contributed by atoms with van der Waals surface area (Å²) in [5.41, 5.74) is 4.23. The van der Waals surface area contributed by atoms with Gasteiger partial charge in [-0.05, 0) is 43.0 Å². The summed E-state index contributed by atoms with van der Waals surface area (Å²) in [6.07, 6.45) is 2.26. The molecule has 1 N–H and O–H groups in total. The summed E-state index contributed by atoms with van der Waals surface area (Å²) in [7, 11) is -3.52. The van der Waals surface area contributed by atoms with E-state index in [4.69, 9.17) is 0 Å². The predicted octanol–water partition coefficient (Wildman–Crippen LogP) is 3.63. The quantitative estimate of drug-likeness (QED) is 0.872. The van der Waals surface area contributed by atoms with E-state index in [9.17, 15) is 13.2 Å². The first kappa shape index (κ1) is 18.5. The molecule has 0 spiro atoms. The SMILES string of the molecule is CCC(=O)N1CCCc2ccc(NS(=O)(=O)Cc3ccc(C)cc3)cc21. The third-order valence-corrected chi connectivity index (χ3v) is 5.82. The molecule has 1 heterocycles. The zero-order valence-corrected chi connectivity index (χ0v) is 16.0. The van der Waals surface area contributed by atoms with Gasteiger partial charge in [0.15, 0.2) is 0 Å². The average molecular weight is 372 g/mol. The summed E-state index contributed by atoms with van der Waals surface area (Å²) in [5, 5.41) is 0. The zero-order valence-electron chi connectivity index (χ0n) is 15.2. The number of carbonyl (C=O) groups excluding carboxylic acids is 1.